The van der Waals surface area contributed by atoms with E-state index in [9.17, 15) is 19.5 Å². The first kappa shape index (κ1) is 24.0. The van der Waals surface area contributed by atoms with E-state index in [0.717, 1.165) is 25.7 Å². The standard InChI is InChI=1S/C24H33N5O5/c1-14(2)12-28-22-18(9-10-19(30)27-11-5-6-17(27)13-34-4)15(3)26-29(22)24(33)20(23(28)32)21(31)25-16-7-8-16/h9-10,14,16-17,33H,5-8,11-13H2,1-4H3,(H,25,31). The summed E-state index contributed by atoms with van der Waals surface area (Å²) in [5.74, 6) is -1.13. The van der Waals surface area contributed by atoms with Gasteiger partial charge in [0.05, 0.1) is 18.3 Å². The molecule has 4 rings (SSSR count). The number of hydrogen-bond donors (Lipinski definition) is 2. The van der Waals surface area contributed by atoms with E-state index in [2.05, 4.69) is 10.4 Å². The van der Waals surface area contributed by atoms with Gasteiger partial charge in [-0.25, -0.2) is 0 Å². The van der Waals surface area contributed by atoms with E-state index in [1.54, 1.807) is 25.0 Å². The summed E-state index contributed by atoms with van der Waals surface area (Å²) in [6.45, 7) is 7.16. The van der Waals surface area contributed by atoms with Crippen LogP contribution in [0.4, 0.5) is 0 Å². The molecule has 1 atom stereocenters. The first-order valence-corrected chi connectivity index (χ1v) is 11.9. The second kappa shape index (κ2) is 9.61. The molecule has 3 heterocycles. The molecule has 1 aliphatic heterocycles. The summed E-state index contributed by atoms with van der Waals surface area (Å²) in [5, 5.41) is 18.1. The van der Waals surface area contributed by atoms with Crippen LogP contribution in [-0.4, -0.2) is 68.3 Å². The highest BCUT2D eigenvalue weighted by molar-refractivity contribution is 5.97. The molecule has 1 unspecified atom stereocenters. The van der Waals surface area contributed by atoms with Gasteiger partial charge in [-0.1, -0.05) is 13.8 Å². The predicted molar refractivity (Wildman–Crippen MR) is 127 cm³/mol. The second-order valence-electron chi connectivity index (χ2n) is 9.61. The molecule has 0 aromatic carbocycles. The Labute approximate surface area is 198 Å². The first-order valence-electron chi connectivity index (χ1n) is 11.9. The lowest BCUT2D eigenvalue weighted by molar-refractivity contribution is -0.127. The molecule has 0 bridgehead atoms. The number of nitrogens with one attached hydrogen (secondary N) is 1. The van der Waals surface area contributed by atoms with Gasteiger partial charge in [-0.2, -0.15) is 9.61 Å². The average molecular weight is 472 g/mol. The van der Waals surface area contributed by atoms with Crippen molar-refractivity contribution < 1.29 is 19.4 Å². The van der Waals surface area contributed by atoms with Gasteiger partial charge in [0, 0.05) is 37.9 Å². The number of fused-ring (bicyclic) bond motifs is 1. The van der Waals surface area contributed by atoms with Crippen LogP contribution in [0.25, 0.3) is 11.7 Å². The summed E-state index contributed by atoms with van der Waals surface area (Å²) in [6.07, 6.45) is 6.67. The molecule has 1 saturated carbocycles. The zero-order valence-corrected chi connectivity index (χ0v) is 20.2. The number of likely N-dealkylation sites (tertiary alicyclic amines) is 1. The molecule has 2 fully saturated rings. The van der Waals surface area contributed by atoms with Gasteiger partial charge in [-0.05, 0) is 44.6 Å². The highest BCUT2D eigenvalue weighted by Crippen LogP contribution is 2.26. The van der Waals surface area contributed by atoms with Gasteiger partial charge in [0.25, 0.3) is 11.5 Å². The lowest BCUT2D eigenvalue weighted by Crippen LogP contribution is -2.37. The molecule has 34 heavy (non-hydrogen) atoms. The van der Waals surface area contributed by atoms with Crippen molar-refractivity contribution in [2.75, 3.05) is 20.3 Å². The molecular formula is C24H33N5O5. The summed E-state index contributed by atoms with van der Waals surface area (Å²) in [5.41, 5.74) is 0.561. The molecule has 1 aliphatic carbocycles. The zero-order valence-electron chi connectivity index (χ0n) is 20.2. The molecule has 1 saturated heterocycles. The number of aromatic nitrogens is 3. The Morgan fingerprint density at radius 1 is 1.29 bits per heavy atom. The fraction of sp³-hybridized carbons (Fsp3) is 0.583. The molecule has 2 N–H and O–H groups in total. The van der Waals surface area contributed by atoms with Crippen molar-refractivity contribution in [3.8, 4) is 5.88 Å². The summed E-state index contributed by atoms with van der Waals surface area (Å²) in [4.78, 5) is 40.8. The van der Waals surface area contributed by atoms with Crippen LogP contribution >= 0.6 is 0 Å². The van der Waals surface area contributed by atoms with Crippen molar-refractivity contribution in [3.63, 3.8) is 0 Å². The van der Waals surface area contributed by atoms with Crippen LogP contribution in [0.5, 0.6) is 5.88 Å². The average Bonchev–Trinajstić information content (AvgIpc) is 3.35. The largest absolute Gasteiger partial charge is 0.492 e. The van der Waals surface area contributed by atoms with Crippen LogP contribution in [0, 0.1) is 12.8 Å². The fourth-order valence-corrected chi connectivity index (χ4v) is 4.52. The maximum Gasteiger partial charge on any atom is 0.270 e. The molecular weight excluding hydrogens is 438 g/mol. The number of carbonyl (C=O) groups excluding carboxylic acids is 2. The molecule has 10 nitrogen and oxygen atoms in total. The topological polar surface area (TPSA) is 118 Å². The smallest absolute Gasteiger partial charge is 0.270 e. The molecule has 2 aliphatic rings. The van der Waals surface area contributed by atoms with Crippen LogP contribution in [-0.2, 0) is 16.1 Å². The Hall–Kier alpha value is -3.14. The van der Waals surface area contributed by atoms with Crippen LogP contribution in [0.3, 0.4) is 0 Å². The number of aromatic hydroxyl groups is 1. The highest BCUT2D eigenvalue weighted by atomic mass is 16.5. The van der Waals surface area contributed by atoms with Gasteiger partial charge in [0.15, 0.2) is 5.56 Å². The van der Waals surface area contributed by atoms with Crippen molar-refractivity contribution in [2.45, 2.75) is 65.1 Å². The maximum atomic E-state index is 13.4. The monoisotopic (exact) mass is 471 g/mol. The van der Waals surface area contributed by atoms with Crippen molar-refractivity contribution >= 4 is 23.5 Å². The third-order valence-electron chi connectivity index (χ3n) is 6.32. The number of aryl methyl sites for hydroxylation is 1. The van der Waals surface area contributed by atoms with Crippen LogP contribution < -0.4 is 10.9 Å². The second-order valence-corrected chi connectivity index (χ2v) is 9.61. The van der Waals surface area contributed by atoms with Gasteiger partial charge in [-0.15, -0.1) is 0 Å². The van der Waals surface area contributed by atoms with E-state index < -0.39 is 17.3 Å². The summed E-state index contributed by atoms with van der Waals surface area (Å²) >= 11 is 0. The maximum absolute atomic E-state index is 13.4. The summed E-state index contributed by atoms with van der Waals surface area (Å²) in [7, 11) is 1.62. The van der Waals surface area contributed by atoms with Gasteiger partial charge in [-0.3, -0.25) is 19.0 Å². The Kier molecular flexibility index (Phi) is 6.79. The van der Waals surface area contributed by atoms with Gasteiger partial charge < -0.3 is 20.1 Å². The van der Waals surface area contributed by atoms with E-state index in [0.29, 0.717) is 36.6 Å². The molecule has 2 aromatic rings. The fourth-order valence-electron chi connectivity index (χ4n) is 4.52. The number of rotatable bonds is 8. The highest BCUT2D eigenvalue weighted by Gasteiger charge is 2.31. The number of methoxy groups -OCH3 is 1. The minimum Gasteiger partial charge on any atom is -0.492 e. The predicted octanol–water partition coefficient (Wildman–Crippen LogP) is 1.71. The number of hydrogen-bond acceptors (Lipinski definition) is 6. The van der Waals surface area contributed by atoms with Crippen LogP contribution in [0.2, 0.25) is 0 Å². The molecule has 0 spiro atoms. The van der Waals surface area contributed by atoms with Crippen molar-refractivity contribution in [1.29, 1.82) is 0 Å². The number of nitrogens with zero attached hydrogens (tertiary/aromatic N) is 4. The first-order chi connectivity index (χ1) is 16.2. The van der Waals surface area contributed by atoms with E-state index in [1.165, 1.54) is 15.2 Å². The Morgan fingerprint density at radius 2 is 2.03 bits per heavy atom. The summed E-state index contributed by atoms with van der Waals surface area (Å²) in [6, 6.07) is 0.0831. The number of ether oxygens (including phenoxy) is 1. The summed E-state index contributed by atoms with van der Waals surface area (Å²) < 4.78 is 7.94. The molecule has 0 radical (unpaired) electrons. The molecule has 184 valence electrons. The van der Waals surface area contributed by atoms with Gasteiger partial charge >= 0.3 is 0 Å². The lowest BCUT2D eigenvalue weighted by atomic mass is 10.1. The molecule has 10 heteroatoms. The van der Waals surface area contributed by atoms with E-state index >= 15 is 0 Å². The Balaban J connectivity index is 1.78. The van der Waals surface area contributed by atoms with E-state index in [-0.39, 0.29) is 29.5 Å². The third-order valence-corrected chi connectivity index (χ3v) is 6.32. The Morgan fingerprint density at radius 3 is 2.68 bits per heavy atom. The zero-order chi connectivity index (χ0) is 24.6. The quantitative estimate of drug-likeness (QED) is 0.566. The third kappa shape index (κ3) is 4.59. The van der Waals surface area contributed by atoms with Crippen molar-refractivity contribution in [1.82, 2.24) is 24.4 Å². The van der Waals surface area contributed by atoms with Crippen LogP contribution in [0.15, 0.2) is 10.9 Å². The van der Waals surface area contributed by atoms with Crippen molar-refractivity contribution in [3.05, 3.63) is 33.3 Å². The number of carbonyl (C=O) groups is 2. The minimum atomic E-state index is -0.594. The van der Waals surface area contributed by atoms with E-state index in [4.69, 9.17) is 4.74 Å². The Bertz CT molecular complexity index is 1190. The van der Waals surface area contributed by atoms with Crippen LogP contribution in [0.1, 0.15) is 61.1 Å². The molecule has 2 amide bonds. The minimum absolute atomic E-state index is 0.0388. The normalized spacial score (nSPS) is 18.5. The van der Waals surface area contributed by atoms with Gasteiger partial charge in [0.2, 0.25) is 11.8 Å². The molecule has 2 aromatic heterocycles. The number of amides is 2. The lowest BCUT2D eigenvalue weighted by Gasteiger charge is -2.22. The van der Waals surface area contributed by atoms with Crippen molar-refractivity contribution in [2.24, 2.45) is 5.92 Å². The van der Waals surface area contributed by atoms with Gasteiger partial charge in [0.1, 0.15) is 5.65 Å². The SMILES string of the molecule is COCC1CCCN1C(=O)C=Cc1c(C)nn2c(O)c(C(=O)NC3CC3)c(=O)n(CC(C)C)c12. The van der Waals surface area contributed by atoms with E-state index in [1.807, 2.05) is 13.8 Å².